The molecule has 1 aromatic rings. The SMILES string of the molecule is N#Cc1cccc(C(=O)N2CC(O)CC2C(=O)O)c1. The van der Waals surface area contributed by atoms with Crippen LogP contribution in [-0.4, -0.2) is 45.7 Å². The fourth-order valence-corrected chi connectivity index (χ4v) is 2.16. The molecule has 2 atom stereocenters. The van der Waals surface area contributed by atoms with E-state index >= 15 is 0 Å². The van der Waals surface area contributed by atoms with E-state index in [9.17, 15) is 14.7 Å². The van der Waals surface area contributed by atoms with Crippen LogP contribution in [0.25, 0.3) is 0 Å². The Balaban J connectivity index is 2.28. The number of carboxylic acids is 1. The van der Waals surface area contributed by atoms with Gasteiger partial charge in [0.05, 0.1) is 17.7 Å². The van der Waals surface area contributed by atoms with E-state index < -0.39 is 24.0 Å². The molecular formula is C13H12N2O4. The molecule has 98 valence electrons. The normalized spacial score (nSPS) is 22.0. The summed E-state index contributed by atoms with van der Waals surface area (Å²) in [5.41, 5.74) is 0.580. The zero-order valence-electron chi connectivity index (χ0n) is 9.98. The number of hydrogen-bond donors (Lipinski definition) is 2. The third kappa shape index (κ3) is 2.56. The minimum Gasteiger partial charge on any atom is -0.480 e. The van der Waals surface area contributed by atoms with Crippen molar-refractivity contribution >= 4 is 11.9 Å². The van der Waals surface area contributed by atoms with Crippen LogP contribution in [0.4, 0.5) is 0 Å². The number of β-amino-alcohol motifs (C(OH)–C–C–N with tert-alkyl or cyclic N) is 1. The highest BCUT2D eigenvalue weighted by Crippen LogP contribution is 2.21. The first-order valence-electron chi connectivity index (χ1n) is 5.75. The first kappa shape index (κ1) is 13.1. The Bertz CT molecular complexity index is 564. The minimum atomic E-state index is -1.14. The molecule has 2 rings (SSSR count). The summed E-state index contributed by atoms with van der Waals surface area (Å²) in [4.78, 5) is 24.4. The fourth-order valence-electron chi connectivity index (χ4n) is 2.16. The topological polar surface area (TPSA) is 102 Å². The third-order valence-electron chi connectivity index (χ3n) is 3.06. The standard InChI is InChI=1S/C13H12N2O4/c14-6-8-2-1-3-9(4-8)12(17)15-7-10(16)5-11(15)13(18)19/h1-4,10-11,16H,5,7H2,(H,18,19). The Morgan fingerprint density at radius 3 is 2.79 bits per heavy atom. The predicted octanol–water partition coefficient (Wildman–Crippen LogP) is 0.218. The maximum absolute atomic E-state index is 12.2. The van der Waals surface area contributed by atoms with Gasteiger partial charge in [-0.2, -0.15) is 5.26 Å². The molecule has 0 saturated carbocycles. The Kier molecular flexibility index (Phi) is 3.49. The summed E-state index contributed by atoms with van der Waals surface area (Å²) in [6.45, 7) is -0.00736. The Morgan fingerprint density at radius 2 is 2.16 bits per heavy atom. The van der Waals surface area contributed by atoms with Gasteiger partial charge < -0.3 is 15.1 Å². The fraction of sp³-hybridized carbons (Fsp3) is 0.308. The minimum absolute atomic E-state index is 0.00736. The summed E-state index contributed by atoms with van der Waals surface area (Å²) in [5.74, 6) is -1.62. The zero-order chi connectivity index (χ0) is 14.0. The molecule has 1 fully saturated rings. The molecule has 0 spiro atoms. The van der Waals surface area contributed by atoms with E-state index in [2.05, 4.69) is 0 Å². The number of rotatable bonds is 2. The van der Waals surface area contributed by atoms with E-state index in [4.69, 9.17) is 10.4 Å². The maximum Gasteiger partial charge on any atom is 0.326 e. The molecule has 1 aliphatic rings. The number of aliphatic carboxylic acids is 1. The van der Waals surface area contributed by atoms with Crippen molar-refractivity contribution in [2.24, 2.45) is 0 Å². The largest absolute Gasteiger partial charge is 0.480 e. The quantitative estimate of drug-likeness (QED) is 0.791. The first-order valence-corrected chi connectivity index (χ1v) is 5.75. The van der Waals surface area contributed by atoms with Crippen LogP contribution in [0.1, 0.15) is 22.3 Å². The number of carbonyl (C=O) groups is 2. The lowest BCUT2D eigenvalue weighted by molar-refractivity contribution is -0.141. The summed E-state index contributed by atoms with van der Waals surface area (Å²) in [7, 11) is 0. The van der Waals surface area contributed by atoms with Crippen LogP contribution in [-0.2, 0) is 4.79 Å². The number of amides is 1. The van der Waals surface area contributed by atoms with Crippen molar-refractivity contribution in [2.45, 2.75) is 18.6 Å². The number of aliphatic hydroxyl groups excluding tert-OH is 1. The zero-order valence-corrected chi connectivity index (χ0v) is 9.98. The molecule has 1 heterocycles. The molecule has 0 radical (unpaired) electrons. The molecule has 0 aromatic heterocycles. The van der Waals surface area contributed by atoms with Gasteiger partial charge in [0, 0.05) is 18.5 Å². The van der Waals surface area contributed by atoms with Gasteiger partial charge in [0.25, 0.3) is 5.91 Å². The summed E-state index contributed by atoms with van der Waals surface area (Å²) >= 11 is 0. The number of benzene rings is 1. The molecule has 1 aromatic carbocycles. The van der Waals surface area contributed by atoms with Gasteiger partial charge in [-0.1, -0.05) is 6.07 Å². The second kappa shape index (κ2) is 5.08. The van der Waals surface area contributed by atoms with Gasteiger partial charge in [0.1, 0.15) is 6.04 Å². The van der Waals surface area contributed by atoms with E-state index in [0.29, 0.717) is 5.56 Å². The van der Waals surface area contributed by atoms with E-state index in [1.165, 1.54) is 12.1 Å². The summed E-state index contributed by atoms with van der Waals surface area (Å²) in [5, 5.41) is 27.3. The molecule has 1 amide bonds. The van der Waals surface area contributed by atoms with Crippen molar-refractivity contribution in [1.82, 2.24) is 4.90 Å². The van der Waals surface area contributed by atoms with Crippen molar-refractivity contribution < 1.29 is 19.8 Å². The smallest absolute Gasteiger partial charge is 0.326 e. The number of hydrogen-bond acceptors (Lipinski definition) is 4. The number of nitrogens with zero attached hydrogens (tertiary/aromatic N) is 2. The number of aliphatic hydroxyl groups is 1. The van der Waals surface area contributed by atoms with Gasteiger partial charge in [-0.05, 0) is 18.2 Å². The van der Waals surface area contributed by atoms with Crippen molar-refractivity contribution in [3.05, 3.63) is 35.4 Å². The van der Waals surface area contributed by atoms with Crippen molar-refractivity contribution in [3.8, 4) is 6.07 Å². The van der Waals surface area contributed by atoms with Crippen LogP contribution in [0.5, 0.6) is 0 Å². The molecule has 2 unspecified atom stereocenters. The number of nitriles is 1. The Hall–Kier alpha value is -2.39. The van der Waals surface area contributed by atoms with Gasteiger partial charge in [-0.25, -0.2) is 4.79 Å². The molecular weight excluding hydrogens is 248 g/mol. The van der Waals surface area contributed by atoms with Gasteiger partial charge in [0.2, 0.25) is 0 Å². The maximum atomic E-state index is 12.2. The molecule has 1 aliphatic heterocycles. The van der Waals surface area contributed by atoms with Crippen LogP contribution in [0.2, 0.25) is 0 Å². The van der Waals surface area contributed by atoms with E-state index in [0.717, 1.165) is 4.90 Å². The molecule has 1 saturated heterocycles. The van der Waals surface area contributed by atoms with Gasteiger partial charge >= 0.3 is 5.97 Å². The highest BCUT2D eigenvalue weighted by Gasteiger charge is 2.39. The molecule has 19 heavy (non-hydrogen) atoms. The van der Waals surface area contributed by atoms with E-state index in [1.807, 2.05) is 6.07 Å². The van der Waals surface area contributed by atoms with Crippen LogP contribution in [0.15, 0.2) is 24.3 Å². The van der Waals surface area contributed by atoms with Crippen molar-refractivity contribution in [1.29, 1.82) is 5.26 Å². The average Bonchev–Trinajstić information content (AvgIpc) is 2.80. The van der Waals surface area contributed by atoms with Crippen LogP contribution < -0.4 is 0 Å². The number of likely N-dealkylation sites (tertiary alicyclic amines) is 1. The van der Waals surface area contributed by atoms with Crippen molar-refractivity contribution in [3.63, 3.8) is 0 Å². The Morgan fingerprint density at radius 1 is 1.42 bits per heavy atom. The molecule has 0 aliphatic carbocycles. The number of carboxylic acid groups (broad SMARTS) is 1. The van der Waals surface area contributed by atoms with E-state index in [1.54, 1.807) is 12.1 Å². The molecule has 0 bridgehead atoms. The molecule has 2 N–H and O–H groups in total. The third-order valence-corrected chi connectivity index (χ3v) is 3.06. The van der Waals surface area contributed by atoms with Gasteiger partial charge in [-0.15, -0.1) is 0 Å². The highest BCUT2D eigenvalue weighted by molar-refractivity contribution is 5.97. The summed E-state index contributed by atoms with van der Waals surface area (Å²) < 4.78 is 0. The summed E-state index contributed by atoms with van der Waals surface area (Å²) in [6.07, 6.45) is -0.803. The van der Waals surface area contributed by atoms with Gasteiger partial charge in [-0.3, -0.25) is 4.79 Å². The van der Waals surface area contributed by atoms with Gasteiger partial charge in [0.15, 0.2) is 0 Å². The second-order valence-corrected chi connectivity index (χ2v) is 4.39. The van der Waals surface area contributed by atoms with Crippen LogP contribution in [0.3, 0.4) is 0 Å². The number of carbonyl (C=O) groups excluding carboxylic acids is 1. The highest BCUT2D eigenvalue weighted by atomic mass is 16.4. The van der Waals surface area contributed by atoms with Crippen molar-refractivity contribution in [2.75, 3.05) is 6.54 Å². The predicted molar refractivity (Wildman–Crippen MR) is 64.2 cm³/mol. The lowest BCUT2D eigenvalue weighted by atomic mass is 10.1. The lowest BCUT2D eigenvalue weighted by Crippen LogP contribution is -2.40. The second-order valence-electron chi connectivity index (χ2n) is 4.39. The lowest BCUT2D eigenvalue weighted by Gasteiger charge is -2.21. The average molecular weight is 260 g/mol. The molecule has 6 heteroatoms. The monoisotopic (exact) mass is 260 g/mol. The van der Waals surface area contributed by atoms with Crippen LogP contribution >= 0.6 is 0 Å². The summed E-state index contributed by atoms with van der Waals surface area (Å²) in [6, 6.07) is 6.95. The van der Waals surface area contributed by atoms with Crippen LogP contribution in [0, 0.1) is 11.3 Å². The molecule has 6 nitrogen and oxygen atoms in total. The van der Waals surface area contributed by atoms with E-state index in [-0.39, 0.29) is 18.5 Å². The first-order chi connectivity index (χ1) is 9.02. The Labute approximate surface area is 109 Å².